The normalized spacial score (nSPS) is 15.1. The number of aromatic nitrogens is 3. The van der Waals surface area contributed by atoms with E-state index in [1.54, 1.807) is 0 Å². The number of aryl methyl sites for hydroxylation is 1. The number of nitrogens with one attached hydrogen (secondary N) is 1. The van der Waals surface area contributed by atoms with Gasteiger partial charge in [-0.25, -0.2) is 9.97 Å². The molecule has 1 saturated carbocycles. The fraction of sp³-hybridized carbons (Fsp3) is 0.600. The summed E-state index contributed by atoms with van der Waals surface area (Å²) in [5.41, 5.74) is 2.24. The van der Waals surface area contributed by atoms with Crippen LogP contribution in [-0.2, 0) is 6.54 Å². The lowest BCUT2D eigenvalue weighted by Crippen LogP contribution is -2.08. The topological polar surface area (TPSA) is 42.7 Å². The number of anilines is 1. The molecular formula is C15H22N4. The third kappa shape index (κ3) is 2.72. The monoisotopic (exact) mass is 258 g/mol. The lowest BCUT2D eigenvalue weighted by atomic mass is 10.3. The van der Waals surface area contributed by atoms with Gasteiger partial charge in [0.05, 0.1) is 5.52 Å². The number of rotatable bonds is 6. The summed E-state index contributed by atoms with van der Waals surface area (Å²) in [4.78, 5) is 9.13. The van der Waals surface area contributed by atoms with Crippen molar-refractivity contribution in [3.63, 3.8) is 0 Å². The molecule has 2 heterocycles. The van der Waals surface area contributed by atoms with Crippen LogP contribution in [0.2, 0.25) is 0 Å². The van der Waals surface area contributed by atoms with E-state index >= 15 is 0 Å². The highest BCUT2D eigenvalue weighted by Gasteiger charge is 2.23. The van der Waals surface area contributed by atoms with E-state index in [9.17, 15) is 0 Å². The molecule has 0 radical (unpaired) electrons. The van der Waals surface area contributed by atoms with Gasteiger partial charge >= 0.3 is 0 Å². The number of nitrogens with zero attached hydrogens (tertiary/aromatic N) is 3. The molecule has 4 nitrogen and oxygen atoms in total. The maximum Gasteiger partial charge on any atom is 0.154 e. The van der Waals surface area contributed by atoms with Crippen LogP contribution in [0.5, 0.6) is 0 Å². The van der Waals surface area contributed by atoms with Gasteiger partial charge in [-0.1, -0.05) is 13.3 Å². The van der Waals surface area contributed by atoms with Gasteiger partial charge in [-0.2, -0.15) is 0 Å². The van der Waals surface area contributed by atoms with Crippen molar-refractivity contribution in [3.8, 4) is 0 Å². The molecule has 1 N–H and O–H groups in total. The van der Waals surface area contributed by atoms with Crippen molar-refractivity contribution in [3.05, 3.63) is 18.1 Å². The van der Waals surface area contributed by atoms with E-state index < -0.39 is 0 Å². The molecule has 0 atom stereocenters. The zero-order valence-electron chi connectivity index (χ0n) is 11.8. The average molecular weight is 258 g/mol. The summed E-state index contributed by atoms with van der Waals surface area (Å²) in [6.07, 6.45) is 7.26. The van der Waals surface area contributed by atoms with Crippen LogP contribution >= 0.6 is 0 Å². The van der Waals surface area contributed by atoms with Crippen LogP contribution in [0.3, 0.4) is 0 Å². The molecule has 1 aliphatic carbocycles. The van der Waals surface area contributed by atoms with Crippen LogP contribution in [0, 0.1) is 12.8 Å². The zero-order valence-corrected chi connectivity index (χ0v) is 11.8. The third-order valence-electron chi connectivity index (χ3n) is 3.70. The predicted molar refractivity (Wildman–Crippen MR) is 78.4 cm³/mol. The van der Waals surface area contributed by atoms with E-state index in [2.05, 4.69) is 39.0 Å². The molecule has 2 aromatic heterocycles. The van der Waals surface area contributed by atoms with E-state index in [1.165, 1.54) is 31.2 Å². The molecule has 1 aliphatic rings. The second-order valence-corrected chi connectivity index (χ2v) is 5.55. The maximum atomic E-state index is 4.59. The molecule has 0 unspecified atom stereocenters. The van der Waals surface area contributed by atoms with Crippen molar-refractivity contribution in [2.45, 2.75) is 46.1 Å². The van der Waals surface area contributed by atoms with Crippen LogP contribution in [0.25, 0.3) is 11.0 Å². The van der Waals surface area contributed by atoms with Crippen molar-refractivity contribution >= 4 is 16.9 Å². The van der Waals surface area contributed by atoms with Gasteiger partial charge < -0.3 is 9.88 Å². The van der Waals surface area contributed by atoms with Gasteiger partial charge in [0.25, 0.3) is 0 Å². The summed E-state index contributed by atoms with van der Waals surface area (Å²) in [6.45, 7) is 6.26. The van der Waals surface area contributed by atoms with E-state index in [1.807, 2.05) is 6.92 Å². The molecule has 19 heavy (non-hydrogen) atoms. The Bertz CT molecular complexity index is 569. The summed E-state index contributed by atoms with van der Waals surface area (Å²) in [6, 6.07) is 2.11. The van der Waals surface area contributed by atoms with Gasteiger partial charge in [0.2, 0.25) is 0 Å². The first-order valence-electron chi connectivity index (χ1n) is 7.35. The Kier molecular flexibility index (Phi) is 3.40. The lowest BCUT2D eigenvalue weighted by molar-refractivity contribution is 0.646. The van der Waals surface area contributed by atoms with Crippen LogP contribution in [0.15, 0.2) is 12.3 Å². The van der Waals surface area contributed by atoms with Gasteiger partial charge in [0.15, 0.2) is 5.82 Å². The number of fused-ring (bicyclic) bond motifs is 1. The number of hydrogen-bond acceptors (Lipinski definition) is 3. The predicted octanol–water partition coefficient (Wildman–Crippen LogP) is 3.36. The summed E-state index contributed by atoms with van der Waals surface area (Å²) in [7, 11) is 0. The van der Waals surface area contributed by atoms with Crippen molar-refractivity contribution in [2.75, 3.05) is 11.9 Å². The molecule has 0 saturated heterocycles. The summed E-state index contributed by atoms with van der Waals surface area (Å²) in [5, 5.41) is 3.48. The lowest BCUT2D eigenvalue weighted by Gasteiger charge is -2.11. The Morgan fingerprint density at radius 2 is 2.21 bits per heavy atom. The van der Waals surface area contributed by atoms with E-state index in [0.717, 1.165) is 36.2 Å². The summed E-state index contributed by atoms with van der Waals surface area (Å²) < 4.78 is 2.32. The smallest absolute Gasteiger partial charge is 0.154 e. The Morgan fingerprint density at radius 3 is 2.95 bits per heavy atom. The number of hydrogen-bond donors (Lipinski definition) is 1. The average Bonchev–Trinajstić information content (AvgIpc) is 3.10. The van der Waals surface area contributed by atoms with E-state index in [0.29, 0.717) is 0 Å². The summed E-state index contributed by atoms with van der Waals surface area (Å²) >= 11 is 0. The molecule has 0 aromatic carbocycles. The molecule has 1 fully saturated rings. The molecule has 3 rings (SSSR count). The van der Waals surface area contributed by atoms with E-state index in [4.69, 9.17) is 0 Å². The quantitative estimate of drug-likeness (QED) is 0.808. The first-order valence-corrected chi connectivity index (χ1v) is 7.35. The van der Waals surface area contributed by atoms with Crippen molar-refractivity contribution < 1.29 is 0 Å². The van der Waals surface area contributed by atoms with Gasteiger partial charge in [-0.3, -0.25) is 0 Å². The highest BCUT2D eigenvalue weighted by Crippen LogP contribution is 2.33. The second-order valence-electron chi connectivity index (χ2n) is 5.55. The van der Waals surface area contributed by atoms with Gasteiger partial charge in [0, 0.05) is 19.3 Å². The first kappa shape index (κ1) is 12.5. The van der Waals surface area contributed by atoms with Crippen molar-refractivity contribution in [2.24, 2.45) is 5.92 Å². The standard InChI is InChI=1S/C15H22N4/c1-3-4-8-16-15-14-13(17-11(2)18-15)7-9-19(14)10-12-5-6-12/h7,9,12H,3-6,8,10H2,1-2H3,(H,16,17,18). The number of unbranched alkanes of at least 4 members (excludes halogenated alkanes) is 1. The largest absolute Gasteiger partial charge is 0.368 e. The molecular weight excluding hydrogens is 236 g/mol. The minimum Gasteiger partial charge on any atom is -0.368 e. The molecule has 2 aromatic rings. The molecule has 0 amide bonds. The first-order chi connectivity index (χ1) is 9.28. The Morgan fingerprint density at radius 1 is 1.37 bits per heavy atom. The van der Waals surface area contributed by atoms with Crippen LogP contribution in [-0.4, -0.2) is 21.1 Å². The van der Waals surface area contributed by atoms with Gasteiger partial charge in [0.1, 0.15) is 11.3 Å². The molecule has 4 heteroatoms. The Labute approximate surface area is 114 Å². The highest BCUT2D eigenvalue weighted by atomic mass is 15.1. The van der Waals surface area contributed by atoms with Crippen molar-refractivity contribution in [1.29, 1.82) is 0 Å². The zero-order chi connectivity index (χ0) is 13.2. The minimum absolute atomic E-state index is 0.843. The van der Waals surface area contributed by atoms with Crippen LogP contribution in [0.4, 0.5) is 5.82 Å². The van der Waals surface area contributed by atoms with Crippen LogP contribution < -0.4 is 5.32 Å². The third-order valence-corrected chi connectivity index (χ3v) is 3.70. The summed E-state index contributed by atoms with van der Waals surface area (Å²) in [5.74, 6) is 2.71. The second kappa shape index (κ2) is 5.19. The van der Waals surface area contributed by atoms with Crippen molar-refractivity contribution in [1.82, 2.24) is 14.5 Å². The molecule has 102 valence electrons. The van der Waals surface area contributed by atoms with Crippen LogP contribution in [0.1, 0.15) is 38.4 Å². The minimum atomic E-state index is 0.843. The molecule has 0 aliphatic heterocycles. The van der Waals surface area contributed by atoms with Gasteiger partial charge in [-0.05, 0) is 38.2 Å². The molecule has 0 spiro atoms. The SMILES string of the molecule is CCCCNc1nc(C)nc2ccn(CC3CC3)c12. The fourth-order valence-electron chi connectivity index (χ4n) is 2.46. The Balaban J connectivity index is 1.93. The van der Waals surface area contributed by atoms with E-state index in [-0.39, 0.29) is 0 Å². The highest BCUT2D eigenvalue weighted by molar-refractivity contribution is 5.86. The maximum absolute atomic E-state index is 4.59. The Hall–Kier alpha value is -1.58. The fourth-order valence-corrected chi connectivity index (χ4v) is 2.46. The molecule has 0 bridgehead atoms. The van der Waals surface area contributed by atoms with Gasteiger partial charge in [-0.15, -0.1) is 0 Å².